The summed E-state index contributed by atoms with van der Waals surface area (Å²) in [5, 5.41) is 0. The Morgan fingerprint density at radius 3 is 2.09 bits per heavy atom. The van der Waals surface area contributed by atoms with Gasteiger partial charge in [0.15, 0.2) is 6.61 Å². The summed E-state index contributed by atoms with van der Waals surface area (Å²) >= 11 is 0. The first kappa shape index (κ1) is 17.2. The van der Waals surface area contributed by atoms with Gasteiger partial charge in [-0.15, -0.1) is 0 Å². The highest BCUT2D eigenvalue weighted by Crippen LogP contribution is 2.18. The van der Waals surface area contributed by atoms with E-state index in [2.05, 4.69) is 0 Å². The molecule has 1 aliphatic rings. The highest BCUT2D eigenvalue weighted by Gasteiger charge is 2.30. The number of ether oxygens (including phenoxy) is 1. The molecule has 1 aromatic rings. The van der Waals surface area contributed by atoms with Gasteiger partial charge in [0.25, 0.3) is 5.91 Å². The number of amides is 2. The summed E-state index contributed by atoms with van der Waals surface area (Å²) in [7, 11) is 0. The molecular formula is C17H23FN2O3. The highest BCUT2D eigenvalue weighted by molar-refractivity contribution is 5.82. The zero-order valence-electron chi connectivity index (χ0n) is 13.8. The van der Waals surface area contributed by atoms with Gasteiger partial charge < -0.3 is 14.5 Å². The molecule has 0 saturated carbocycles. The van der Waals surface area contributed by atoms with Crippen LogP contribution in [0.5, 0.6) is 5.75 Å². The van der Waals surface area contributed by atoms with Crippen molar-refractivity contribution in [2.24, 2.45) is 5.41 Å². The molecule has 126 valence electrons. The Balaban J connectivity index is 1.79. The number of nitrogens with zero attached hydrogens (tertiary/aromatic N) is 2. The van der Waals surface area contributed by atoms with Crippen LogP contribution in [0, 0.1) is 11.2 Å². The van der Waals surface area contributed by atoms with Gasteiger partial charge >= 0.3 is 0 Å². The van der Waals surface area contributed by atoms with Crippen LogP contribution in [-0.4, -0.2) is 54.4 Å². The Bertz CT molecular complexity index is 558. The summed E-state index contributed by atoms with van der Waals surface area (Å²) in [4.78, 5) is 27.8. The van der Waals surface area contributed by atoms with Crippen LogP contribution in [-0.2, 0) is 9.59 Å². The Hall–Kier alpha value is -2.11. The van der Waals surface area contributed by atoms with Gasteiger partial charge in [0.1, 0.15) is 11.6 Å². The number of rotatable bonds is 3. The molecule has 0 bridgehead atoms. The van der Waals surface area contributed by atoms with Gasteiger partial charge in [-0.05, 0) is 24.3 Å². The van der Waals surface area contributed by atoms with Crippen LogP contribution in [0.1, 0.15) is 20.8 Å². The van der Waals surface area contributed by atoms with Crippen molar-refractivity contribution in [3.63, 3.8) is 0 Å². The molecule has 2 amide bonds. The lowest BCUT2D eigenvalue weighted by molar-refractivity contribution is -0.145. The van der Waals surface area contributed by atoms with E-state index in [9.17, 15) is 14.0 Å². The van der Waals surface area contributed by atoms with E-state index in [1.54, 1.807) is 9.80 Å². The fraction of sp³-hybridized carbons (Fsp3) is 0.529. The molecule has 23 heavy (non-hydrogen) atoms. The second-order valence-electron chi connectivity index (χ2n) is 6.67. The number of halogens is 1. The lowest BCUT2D eigenvalue weighted by atomic mass is 9.94. The number of benzene rings is 1. The first-order valence-electron chi connectivity index (χ1n) is 7.73. The van der Waals surface area contributed by atoms with Crippen LogP contribution in [0.25, 0.3) is 0 Å². The quantitative estimate of drug-likeness (QED) is 0.854. The minimum absolute atomic E-state index is 0.0845. The average molecular weight is 322 g/mol. The van der Waals surface area contributed by atoms with Crippen LogP contribution < -0.4 is 4.74 Å². The van der Waals surface area contributed by atoms with Crippen molar-refractivity contribution in [1.29, 1.82) is 0 Å². The van der Waals surface area contributed by atoms with E-state index in [1.165, 1.54) is 24.3 Å². The number of carbonyl (C=O) groups excluding carboxylic acids is 2. The monoisotopic (exact) mass is 322 g/mol. The summed E-state index contributed by atoms with van der Waals surface area (Å²) in [6.07, 6.45) is 0. The third kappa shape index (κ3) is 4.68. The van der Waals surface area contributed by atoms with Crippen LogP contribution in [0.4, 0.5) is 4.39 Å². The van der Waals surface area contributed by atoms with Gasteiger partial charge in [0, 0.05) is 31.6 Å². The van der Waals surface area contributed by atoms with Crippen molar-refractivity contribution in [3.8, 4) is 5.75 Å². The highest BCUT2D eigenvalue weighted by atomic mass is 19.1. The number of piperazine rings is 1. The Kier molecular flexibility index (Phi) is 5.23. The maximum absolute atomic E-state index is 12.8. The third-order valence-electron chi connectivity index (χ3n) is 3.74. The van der Waals surface area contributed by atoms with Gasteiger partial charge in [0.05, 0.1) is 0 Å². The predicted octanol–water partition coefficient (Wildman–Crippen LogP) is 1.92. The summed E-state index contributed by atoms with van der Waals surface area (Å²) in [5.74, 6) is 0.0916. The zero-order chi connectivity index (χ0) is 17.0. The van der Waals surface area contributed by atoms with Crippen LogP contribution in [0.2, 0.25) is 0 Å². The standard InChI is InChI=1S/C17H23FN2O3/c1-17(2,3)16(22)20-10-8-19(9-11-20)15(21)12-23-14-6-4-13(18)5-7-14/h4-7H,8-12H2,1-3H3. The molecule has 0 aromatic heterocycles. The zero-order valence-corrected chi connectivity index (χ0v) is 13.8. The second-order valence-corrected chi connectivity index (χ2v) is 6.67. The lowest BCUT2D eigenvalue weighted by Crippen LogP contribution is -2.53. The number of hydrogen-bond donors (Lipinski definition) is 0. The average Bonchev–Trinajstić information content (AvgIpc) is 2.52. The maximum Gasteiger partial charge on any atom is 0.260 e. The van der Waals surface area contributed by atoms with E-state index in [-0.39, 0.29) is 24.2 Å². The van der Waals surface area contributed by atoms with Crippen molar-refractivity contribution in [2.75, 3.05) is 32.8 Å². The fourth-order valence-corrected chi connectivity index (χ4v) is 2.40. The second kappa shape index (κ2) is 6.98. The van der Waals surface area contributed by atoms with Crippen molar-refractivity contribution in [2.45, 2.75) is 20.8 Å². The van der Waals surface area contributed by atoms with Crippen LogP contribution in [0.3, 0.4) is 0 Å². The van der Waals surface area contributed by atoms with Crippen molar-refractivity contribution in [1.82, 2.24) is 9.80 Å². The van der Waals surface area contributed by atoms with Crippen molar-refractivity contribution in [3.05, 3.63) is 30.1 Å². The molecule has 1 fully saturated rings. The minimum Gasteiger partial charge on any atom is -0.484 e. The Morgan fingerprint density at radius 2 is 1.57 bits per heavy atom. The van der Waals surface area contributed by atoms with Gasteiger partial charge in [-0.25, -0.2) is 4.39 Å². The number of hydrogen-bond acceptors (Lipinski definition) is 3. The SMILES string of the molecule is CC(C)(C)C(=O)N1CCN(C(=O)COc2ccc(F)cc2)CC1. The van der Waals surface area contributed by atoms with Crippen LogP contribution in [0.15, 0.2) is 24.3 Å². The molecule has 0 radical (unpaired) electrons. The molecule has 0 atom stereocenters. The van der Waals surface area contributed by atoms with Crippen molar-refractivity contribution < 1.29 is 18.7 Å². The van der Waals surface area contributed by atoms with E-state index < -0.39 is 5.41 Å². The van der Waals surface area contributed by atoms with E-state index >= 15 is 0 Å². The summed E-state index contributed by atoms with van der Waals surface area (Å²) in [6.45, 7) is 7.69. The summed E-state index contributed by atoms with van der Waals surface area (Å²) in [5.41, 5.74) is -0.405. The Morgan fingerprint density at radius 1 is 1.04 bits per heavy atom. The largest absolute Gasteiger partial charge is 0.484 e. The van der Waals surface area contributed by atoms with E-state index in [0.29, 0.717) is 31.9 Å². The topological polar surface area (TPSA) is 49.9 Å². The summed E-state index contributed by atoms with van der Waals surface area (Å²) in [6, 6.07) is 5.55. The maximum atomic E-state index is 12.8. The van der Waals surface area contributed by atoms with E-state index in [4.69, 9.17) is 4.74 Å². The van der Waals surface area contributed by atoms with Crippen molar-refractivity contribution >= 4 is 11.8 Å². The molecule has 0 N–H and O–H groups in total. The Labute approximate surface area is 136 Å². The van der Waals surface area contributed by atoms with Gasteiger partial charge in [-0.1, -0.05) is 20.8 Å². The molecule has 1 heterocycles. The molecular weight excluding hydrogens is 299 g/mol. The molecule has 0 unspecified atom stereocenters. The third-order valence-corrected chi connectivity index (χ3v) is 3.74. The van der Waals surface area contributed by atoms with Crippen LogP contribution >= 0.6 is 0 Å². The van der Waals surface area contributed by atoms with E-state index in [0.717, 1.165) is 0 Å². The smallest absolute Gasteiger partial charge is 0.260 e. The molecule has 1 aromatic carbocycles. The number of carbonyl (C=O) groups is 2. The normalized spacial score (nSPS) is 15.5. The molecule has 2 rings (SSSR count). The first-order chi connectivity index (χ1) is 10.8. The van der Waals surface area contributed by atoms with Gasteiger partial charge in [-0.2, -0.15) is 0 Å². The molecule has 0 spiro atoms. The molecule has 6 heteroatoms. The predicted molar refractivity (Wildman–Crippen MR) is 84.5 cm³/mol. The fourth-order valence-electron chi connectivity index (χ4n) is 2.40. The molecule has 5 nitrogen and oxygen atoms in total. The van der Waals surface area contributed by atoms with Gasteiger partial charge in [0.2, 0.25) is 5.91 Å². The first-order valence-corrected chi connectivity index (χ1v) is 7.73. The lowest BCUT2D eigenvalue weighted by Gasteiger charge is -2.37. The van der Waals surface area contributed by atoms with Gasteiger partial charge in [-0.3, -0.25) is 9.59 Å². The molecule has 1 aliphatic heterocycles. The molecule has 1 saturated heterocycles. The minimum atomic E-state index is -0.405. The van der Waals surface area contributed by atoms with E-state index in [1.807, 2.05) is 20.8 Å². The molecule has 0 aliphatic carbocycles. The summed E-state index contributed by atoms with van der Waals surface area (Å²) < 4.78 is 18.2.